The number of phenolic OH excluding ortho intramolecular Hbond substituents is 2. The quantitative estimate of drug-likeness (QED) is 0.145. The Balaban J connectivity index is 2.01. The zero-order chi connectivity index (χ0) is 29.4. The number of carbonyl (C=O) groups excluding carboxylic acids is 1. The molecule has 0 saturated carbocycles. The van der Waals surface area contributed by atoms with Gasteiger partial charge in [-0.05, 0) is 25.3 Å². The Hall–Kier alpha value is -3.48. The van der Waals surface area contributed by atoms with Gasteiger partial charge < -0.3 is 25.3 Å². The number of phenols is 2. The topological polar surface area (TPSA) is 104 Å². The molecule has 7 heteroatoms. The van der Waals surface area contributed by atoms with Gasteiger partial charge in [-0.3, -0.25) is 4.79 Å². The minimum atomic E-state index is -0.433. The maximum absolute atomic E-state index is 13.4. The molecule has 0 atom stereocenters. The first-order valence-corrected chi connectivity index (χ1v) is 14.9. The third-order valence-electron chi connectivity index (χ3n) is 7.72. The number of hydrogen-bond acceptors (Lipinski definition) is 6. The first-order chi connectivity index (χ1) is 19.2. The van der Waals surface area contributed by atoms with Crippen LogP contribution in [0.15, 0.2) is 52.5 Å². The molecule has 4 N–H and O–H groups in total. The van der Waals surface area contributed by atoms with Crippen molar-refractivity contribution in [3.05, 3.63) is 58.1 Å². The average Bonchev–Trinajstić information content (AvgIpc) is 2.92. The maximum atomic E-state index is 13.4. The second kappa shape index (κ2) is 14.2. The molecular weight excluding hydrogens is 504 g/mol. The predicted molar refractivity (Wildman–Crippen MR) is 163 cm³/mol. The highest BCUT2D eigenvalue weighted by atomic mass is 16.3. The molecule has 0 saturated heterocycles. The zero-order valence-electron chi connectivity index (χ0n) is 24.9. The molecule has 0 aromatic heterocycles. The Bertz CT molecular complexity index is 1200. The van der Waals surface area contributed by atoms with Crippen molar-refractivity contribution in [3.8, 4) is 11.5 Å². The van der Waals surface area contributed by atoms with E-state index in [9.17, 15) is 25.2 Å². The van der Waals surface area contributed by atoms with Crippen molar-refractivity contribution in [1.29, 1.82) is 0 Å². The average molecular weight is 552 g/mol. The first kappa shape index (κ1) is 31.1. The maximum Gasteiger partial charge on any atom is 0.207 e. The van der Waals surface area contributed by atoms with Crippen molar-refractivity contribution in [2.45, 2.75) is 86.0 Å². The molecular formula is C33H47N2O5+. The summed E-state index contributed by atoms with van der Waals surface area (Å²) in [7, 11) is 0. The first-order valence-electron chi connectivity index (χ1n) is 14.9. The van der Waals surface area contributed by atoms with Crippen LogP contribution in [0.3, 0.4) is 0 Å². The van der Waals surface area contributed by atoms with Crippen molar-refractivity contribution >= 4 is 22.8 Å². The third kappa shape index (κ3) is 6.62. The van der Waals surface area contributed by atoms with Crippen LogP contribution in [0.25, 0.3) is 5.57 Å². The number of rotatable bonds is 14. The van der Waals surface area contributed by atoms with E-state index in [1.165, 1.54) is 0 Å². The van der Waals surface area contributed by atoms with Gasteiger partial charge in [0, 0.05) is 54.9 Å². The molecule has 2 aliphatic rings. The van der Waals surface area contributed by atoms with Crippen molar-refractivity contribution < 1.29 is 29.8 Å². The molecule has 7 nitrogen and oxygen atoms in total. The number of ketones is 1. The van der Waals surface area contributed by atoms with E-state index in [4.69, 9.17) is 0 Å². The van der Waals surface area contributed by atoms with Gasteiger partial charge in [0.15, 0.2) is 5.78 Å². The number of anilines is 1. The lowest BCUT2D eigenvalue weighted by atomic mass is 9.74. The van der Waals surface area contributed by atoms with Crippen LogP contribution in [0.5, 0.6) is 11.5 Å². The molecule has 3 rings (SSSR count). The predicted octanol–water partition coefficient (Wildman–Crippen LogP) is 7.11. The van der Waals surface area contributed by atoms with Crippen LogP contribution in [-0.4, -0.2) is 62.7 Å². The summed E-state index contributed by atoms with van der Waals surface area (Å²) in [6.07, 6.45) is 11.3. The molecule has 2 aliphatic carbocycles. The van der Waals surface area contributed by atoms with Gasteiger partial charge in [-0.25, -0.2) is 4.58 Å². The number of Topliss-reactive ketones (excluding diaryl/α,β-unsaturated/α-hetero) is 1. The summed E-state index contributed by atoms with van der Waals surface area (Å²) < 4.78 is 2.15. The van der Waals surface area contributed by atoms with Crippen molar-refractivity contribution in [1.82, 2.24) is 0 Å². The summed E-state index contributed by atoms with van der Waals surface area (Å²) in [5, 5.41) is 43.8. The molecule has 0 fully saturated rings. The van der Waals surface area contributed by atoms with Crippen LogP contribution in [0.4, 0.5) is 5.69 Å². The molecule has 0 amide bonds. The summed E-state index contributed by atoms with van der Waals surface area (Å²) in [6, 6.07) is 3.22. The Morgan fingerprint density at radius 3 is 1.60 bits per heavy atom. The summed E-state index contributed by atoms with van der Waals surface area (Å²) in [4.78, 5) is 15.6. The SMILES string of the molecule is CCCCN(CCCC)c1cc(O)c(C2=C(C)C(=C3C(O)=CC(=[N+](CCCC)CCCC)C=C3O)C2=O)c(O)c1. The minimum absolute atomic E-state index is 0.0850. The number of aromatic hydroxyl groups is 2. The summed E-state index contributed by atoms with van der Waals surface area (Å²) in [5.41, 5.74) is 2.50. The number of benzene rings is 1. The highest BCUT2D eigenvalue weighted by Crippen LogP contribution is 2.48. The van der Waals surface area contributed by atoms with Gasteiger partial charge in [0.25, 0.3) is 0 Å². The van der Waals surface area contributed by atoms with Crippen molar-refractivity contribution in [2.24, 2.45) is 0 Å². The number of hydrogen-bond donors (Lipinski definition) is 4. The van der Waals surface area contributed by atoms with Gasteiger partial charge in [-0.1, -0.05) is 53.4 Å². The number of carbonyl (C=O) groups is 1. The highest BCUT2D eigenvalue weighted by Gasteiger charge is 2.40. The lowest BCUT2D eigenvalue weighted by molar-refractivity contribution is -0.527. The number of aliphatic hydroxyl groups excluding tert-OH is 2. The fourth-order valence-corrected chi connectivity index (χ4v) is 5.34. The van der Waals surface area contributed by atoms with Crippen molar-refractivity contribution in [2.75, 3.05) is 31.1 Å². The van der Waals surface area contributed by atoms with Crippen LogP contribution < -0.4 is 4.90 Å². The molecule has 0 bridgehead atoms. The van der Waals surface area contributed by atoms with Crippen LogP contribution in [0.2, 0.25) is 0 Å². The smallest absolute Gasteiger partial charge is 0.207 e. The second-order valence-corrected chi connectivity index (χ2v) is 10.8. The van der Waals surface area contributed by atoms with Crippen LogP contribution in [0.1, 0.15) is 91.5 Å². The molecule has 0 aliphatic heterocycles. The second-order valence-electron chi connectivity index (χ2n) is 10.8. The van der Waals surface area contributed by atoms with Gasteiger partial charge in [0.05, 0.1) is 23.3 Å². The Morgan fingerprint density at radius 2 is 1.18 bits per heavy atom. The normalized spacial score (nSPS) is 15.3. The zero-order valence-corrected chi connectivity index (χ0v) is 24.9. The van der Waals surface area contributed by atoms with Gasteiger partial charge in [0.2, 0.25) is 5.71 Å². The number of aliphatic hydroxyl groups is 2. The summed E-state index contributed by atoms with van der Waals surface area (Å²) in [6.45, 7) is 13.5. The fraction of sp³-hybridized carbons (Fsp3) is 0.515. The summed E-state index contributed by atoms with van der Waals surface area (Å²) in [5.74, 6) is -1.10. The lowest BCUT2D eigenvalue weighted by Gasteiger charge is -2.29. The third-order valence-corrected chi connectivity index (χ3v) is 7.72. The van der Waals surface area contributed by atoms with Crippen LogP contribution in [-0.2, 0) is 4.79 Å². The van der Waals surface area contributed by atoms with Crippen molar-refractivity contribution in [3.63, 3.8) is 0 Å². The molecule has 1 aromatic rings. The standard InChI is InChI=1S/C33H46N2O5/c1-6-10-14-34(15-11-7-2)23-18-25(36)31(26(37)19-23)29-22(5)30(33(29)40)32-27(38)20-24(21-28(32)39)35(16-12-8-3)17-13-9-4/h18-21H,6-17H2,1-5H3,(H3,36,37,38,39)/p+1. The molecule has 40 heavy (non-hydrogen) atoms. The molecule has 1 aromatic carbocycles. The van der Waals surface area contributed by atoms with Crippen LogP contribution in [0, 0.1) is 0 Å². The highest BCUT2D eigenvalue weighted by molar-refractivity contribution is 6.41. The monoisotopic (exact) mass is 551 g/mol. The number of unbranched alkanes of at least 4 members (excludes halogenated alkanes) is 4. The summed E-state index contributed by atoms with van der Waals surface area (Å²) >= 11 is 0. The van der Waals surface area contributed by atoms with E-state index >= 15 is 0 Å². The van der Waals surface area contributed by atoms with Gasteiger partial charge in [0.1, 0.15) is 36.1 Å². The van der Waals surface area contributed by atoms with E-state index in [0.29, 0.717) is 5.57 Å². The van der Waals surface area contributed by atoms with E-state index in [-0.39, 0.29) is 45.3 Å². The van der Waals surface area contributed by atoms with E-state index in [1.54, 1.807) is 31.2 Å². The van der Waals surface area contributed by atoms with Gasteiger partial charge >= 0.3 is 0 Å². The van der Waals surface area contributed by atoms with Gasteiger partial charge in [-0.2, -0.15) is 0 Å². The molecule has 0 spiro atoms. The Labute approximate surface area is 239 Å². The minimum Gasteiger partial charge on any atom is -0.507 e. The van der Waals surface area contributed by atoms with E-state index in [1.807, 2.05) is 0 Å². The number of allylic oxidation sites excluding steroid dienone is 5. The van der Waals surface area contributed by atoms with E-state index < -0.39 is 5.78 Å². The van der Waals surface area contributed by atoms with E-state index in [2.05, 4.69) is 37.2 Å². The Kier molecular flexibility index (Phi) is 11.1. The largest absolute Gasteiger partial charge is 0.507 e. The fourth-order valence-electron chi connectivity index (χ4n) is 5.34. The molecule has 0 unspecified atom stereocenters. The Morgan fingerprint density at radius 1 is 0.700 bits per heavy atom. The van der Waals surface area contributed by atoms with Gasteiger partial charge in [-0.15, -0.1) is 0 Å². The molecule has 0 radical (unpaired) electrons. The lowest BCUT2D eigenvalue weighted by Crippen LogP contribution is -2.27. The molecule has 0 heterocycles. The molecule has 218 valence electrons. The van der Waals surface area contributed by atoms with E-state index in [0.717, 1.165) is 88.9 Å². The number of nitrogens with zero attached hydrogens (tertiary/aromatic N) is 2. The van der Waals surface area contributed by atoms with Crippen LogP contribution >= 0.6 is 0 Å².